The number of benzene rings is 1. The molecule has 1 rings (SSSR count). The molecule has 19 heavy (non-hydrogen) atoms. The molecule has 0 saturated carbocycles. The fourth-order valence-electron chi connectivity index (χ4n) is 1.38. The zero-order chi connectivity index (χ0) is 14.3. The van der Waals surface area contributed by atoms with Crippen LogP contribution in [0.15, 0.2) is 24.3 Å². The van der Waals surface area contributed by atoms with Crippen molar-refractivity contribution < 1.29 is 22.8 Å². The average Bonchev–Trinajstić information content (AvgIpc) is 2.33. The van der Waals surface area contributed by atoms with Crippen molar-refractivity contribution >= 4 is 5.69 Å². The van der Waals surface area contributed by atoms with Crippen molar-refractivity contribution in [2.75, 3.05) is 19.7 Å². The standard InChI is InChI=1S/C11H13F3N2O3/c12-11(13,14)19-8-7-15-6-5-9-1-3-10(4-2-9)16(17)18/h1-4,15H,5-8H2. The third kappa shape index (κ3) is 6.73. The van der Waals surface area contributed by atoms with Crippen molar-refractivity contribution in [1.29, 1.82) is 0 Å². The summed E-state index contributed by atoms with van der Waals surface area (Å²) in [6.07, 6.45) is -4.02. The van der Waals surface area contributed by atoms with E-state index in [0.717, 1.165) is 5.56 Å². The van der Waals surface area contributed by atoms with E-state index in [0.29, 0.717) is 13.0 Å². The van der Waals surface area contributed by atoms with Crippen LogP contribution in [0.2, 0.25) is 0 Å². The van der Waals surface area contributed by atoms with Gasteiger partial charge in [0.1, 0.15) is 0 Å². The average molecular weight is 278 g/mol. The monoisotopic (exact) mass is 278 g/mol. The van der Waals surface area contributed by atoms with Gasteiger partial charge in [-0.1, -0.05) is 12.1 Å². The van der Waals surface area contributed by atoms with Gasteiger partial charge in [-0.15, -0.1) is 13.2 Å². The van der Waals surface area contributed by atoms with Gasteiger partial charge in [-0.05, 0) is 18.5 Å². The highest BCUT2D eigenvalue weighted by Gasteiger charge is 2.28. The van der Waals surface area contributed by atoms with Crippen LogP contribution in [-0.4, -0.2) is 31.0 Å². The summed E-state index contributed by atoms with van der Waals surface area (Å²) in [6, 6.07) is 6.02. The van der Waals surface area contributed by atoms with Crippen molar-refractivity contribution in [3.63, 3.8) is 0 Å². The molecule has 0 spiro atoms. The van der Waals surface area contributed by atoms with Gasteiger partial charge in [0.2, 0.25) is 0 Å². The Bertz CT molecular complexity index is 407. The molecule has 5 nitrogen and oxygen atoms in total. The number of hydrogen-bond acceptors (Lipinski definition) is 4. The first kappa shape index (κ1) is 15.4. The van der Waals surface area contributed by atoms with E-state index < -0.39 is 17.9 Å². The molecule has 0 bridgehead atoms. The molecule has 1 N–H and O–H groups in total. The third-order valence-electron chi connectivity index (χ3n) is 2.28. The highest BCUT2D eigenvalue weighted by Crippen LogP contribution is 2.15. The summed E-state index contributed by atoms with van der Waals surface area (Å²) in [4.78, 5) is 9.92. The minimum Gasteiger partial charge on any atom is -0.314 e. The Labute approximate surface area is 107 Å². The van der Waals surface area contributed by atoms with Gasteiger partial charge < -0.3 is 5.32 Å². The predicted molar refractivity (Wildman–Crippen MR) is 61.7 cm³/mol. The van der Waals surface area contributed by atoms with E-state index in [1.807, 2.05) is 0 Å². The Morgan fingerprint density at radius 2 is 1.84 bits per heavy atom. The van der Waals surface area contributed by atoms with Crippen LogP contribution in [0.25, 0.3) is 0 Å². The van der Waals surface area contributed by atoms with E-state index in [4.69, 9.17) is 0 Å². The fourth-order valence-corrected chi connectivity index (χ4v) is 1.38. The highest BCUT2D eigenvalue weighted by molar-refractivity contribution is 5.32. The van der Waals surface area contributed by atoms with E-state index in [1.54, 1.807) is 12.1 Å². The minimum absolute atomic E-state index is 0.00952. The molecule has 0 aromatic heterocycles. The lowest BCUT2D eigenvalue weighted by atomic mass is 10.1. The molecule has 0 radical (unpaired) electrons. The summed E-state index contributed by atoms with van der Waals surface area (Å²) in [6.45, 7) is 0.120. The molecule has 0 aliphatic rings. The van der Waals surface area contributed by atoms with Crippen molar-refractivity contribution in [3.05, 3.63) is 39.9 Å². The number of nitrogens with zero attached hydrogens (tertiary/aromatic N) is 1. The van der Waals surface area contributed by atoms with Crippen molar-refractivity contribution in [2.24, 2.45) is 0 Å². The lowest BCUT2D eigenvalue weighted by molar-refractivity contribution is -0.384. The van der Waals surface area contributed by atoms with Crippen LogP contribution in [0.4, 0.5) is 18.9 Å². The molecular weight excluding hydrogens is 265 g/mol. The molecule has 0 saturated heterocycles. The maximum absolute atomic E-state index is 11.6. The number of nitrogens with one attached hydrogen (secondary N) is 1. The lowest BCUT2D eigenvalue weighted by Gasteiger charge is -2.08. The molecular formula is C11H13F3N2O3. The summed E-state index contributed by atoms with van der Waals surface area (Å²) >= 11 is 0. The Morgan fingerprint density at radius 3 is 2.37 bits per heavy atom. The normalized spacial score (nSPS) is 11.5. The van der Waals surface area contributed by atoms with Crippen molar-refractivity contribution in [3.8, 4) is 0 Å². The van der Waals surface area contributed by atoms with Crippen molar-refractivity contribution in [2.45, 2.75) is 12.8 Å². The Hall–Kier alpha value is -1.67. The number of nitro groups is 1. The van der Waals surface area contributed by atoms with Gasteiger partial charge in [-0.25, -0.2) is 0 Å². The molecule has 106 valence electrons. The van der Waals surface area contributed by atoms with Crippen LogP contribution >= 0.6 is 0 Å². The number of ether oxygens (including phenoxy) is 1. The molecule has 1 aromatic rings. The maximum atomic E-state index is 11.6. The second kappa shape index (κ2) is 7.05. The first-order valence-electron chi connectivity index (χ1n) is 5.53. The SMILES string of the molecule is O=[N+]([O-])c1ccc(CCNCCOC(F)(F)F)cc1. The molecule has 0 fully saturated rings. The van der Waals surface area contributed by atoms with E-state index in [2.05, 4.69) is 10.1 Å². The first-order valence-corrected chi connectivity index (χ1v) is 5.53. The van der Waals surface area contributed by atoms with Crippen molar-refractivity contribution in [1.82, 2.24) is 5.32 Å². The molecule has 1 aromatic carbocycles. The molecule has 0 atom stereocenters. The topological polar surface area (TPSA) is 64.4 Å². The predicted octanol–water partition coefficient (Wildman–Crippen LogP) is 2.26. The molecule has 0 amide bonds. The third-order valence-corrected chi connectivity index (χ3v) is 2.28. The van der Waals surface area contributed by atoms with Gasteiger partial charge in [0.15, 0.2) is 0 Å². The maximum Gasteiger partial charge on any atom is 0.522 e. The zero-order valence-electron chi connectivity index (χ0n) is 9.94. The first-order chi connectivity index (χ1) is 8.88. The Kier molecular flexibility index (Phi) is 5.71. The number of rotatable bonds is 7. The fraction of sp³-hybridized carbons (Fsp3) is 0.455. The molecule has 0 unspecified atom stereocenters. The number of halogens is 3. The number of alkyl halides is 3. The summed E-state index contributed by atoms with van der Waals surface area (Å²) in [5.41, 5.74) is 0.880. The minimum atomic E-state index is -4.60. The van der Waals surface area contributed by atoms with E-state index in [9.17, 15) is 23.3 Å². The zero-order valence-corrected chi connectivity index (χ0v) is 9.94. The Morgan fingerprint density at radius 1 is 1.21 bits per heavy atom. The summed E-state index contributed by atoms with van der Waals surface area (Å²) < 4.78 is 38.5. The van der Waals surface area contributed by atoms with Gasteiger partial charge in [0.05, 0.1) is 11.5 Å². The van der Waals surface area contributed by atoms with Crippen LogP contribution in [-0.2, 0) is 11.2 Å². The van der Waals surface area contributed by atoms with Crippen LogP contribution < -0.4 is 5.32 Å². The van der Waals surface area contributed by atoms with Gasteiger partial charge in [-0.3, -0.25) is 14.9 Å². The highest BCUT2D eigenvalue weighted by atomic mass is 19.4. The van der Waals surface area contributed by atoms with E-state index >= 15 is 0 Å². The Balaban J connectivity index is 2.17. The quantitative estimate of drug-likeness (QED) is 0.472. The molecule has 8 heteroatoms. The lowest BCUT2D eigenvalue weighted by Crippen LogP contribution is -2.25. The van der Waals surface area contributed by atoms with E-state index in [-0.39, 0.29) is 12.2 Å². The van der Waals surface area contributed by atoms with E-state index in [1.165, 1.54) is 12.1 Å². The summed E-state index contributed by atoms with van der Waals surface area (Å²) in [7, 11) is 0. The second-order valence-electron chi connectivity index (χ2n) is 3.72. The number of non-ortho nitro benzene ring substituents is 1. The van der Waals surface area contributed by atoms with Gasteiger partial charge in [0, 0.05) is 18.7 Å². The summed E-state index contributed by atoms with van der Waals surface area (Å²) in [5.74, 6) is 0. The van der Waals surface area contributed by atoms with Crippen LogP contribution in [0.5, 0.6) is 0 Å². The van der Waals surface area contributed by atoms with Crippen LogP contribution in [0.3, 0.4) is 0 Å². The number of hydrogen-bond donors (Lipinski definition) is 1. The largest absolute Gasteiger partial charge is 0.522 e. The smallest absolute Gasteiger partial charge is 0.314 e. The van der Waals surface area contributed by atoms with Gasteiger partial charge >= 0.3 is 6.36 Å². The summed E-state index contributed by atoms with van der Waals surface area (Å²) in [5, 5.41) is 13.2. The molecule has 0 aliphatic heterocycles. The van der Waals surface area contributed by atoms with Crippen LogP contribution in [0, 0.1) is 10.1 Å². The second-order valence-corrected chi connectivity index (χ2v) is 3.72. The van der Waals surface area contributed by atoms with Gasteiger partial charge in [-0.2, -0.15) is 0 Å². The number of nitro benzene ring substituents is 1. The molecule has 0 aliphatic carbocycles. The van der Waals surface area contributed by atoms with Gasteiger partial charge in [0.25, 0.3) is 5.69 Å². The van der Waals surface area contributed by atoms with Crippen LogP contribution in [0.1, 0.15) is 5.56 Å². The molecule has 0 heterocycles.